The molecule has 392 valence electrons. The predicted molar refractivity (Wildman–Crippen MR) is 286 cm³/mol. The van der Waals surface area contributed by atoms with Gasteiger partial charge in [-0.05, 0) is 116 Å². The van der Waals surface area contributed by atoms with Crippen molar-refractivity contribution in [3.8, 4) is 5.69 Å². The zero-order valence-corrected chi connectivity index (χ0v) is 44.1. The fraction of sp³-hybridized carbons (Fsp3) is 0.442. The van der Waals surface area contributed by atoms with Crippen LogP contribution in [0.25, 0.3) is 33.3 Å². The number of H-pyrrole nitrogens is 1. The molecule has 3 aromatic heterocycles. The predicted octanol–water partition coefficient (Wildman–Crippen LogP) is 8.01. The van der Waals surface area contributed by atoms with E-state index in [2.05, 4.69) is 65.8 Å². The molecule has 74 heavy (non-hydrogen) atoms. The maximum absolute atomic E-state index is 16.2. The molecule has 18 nitrogen and oxygen atoms in total. The van der Waals surface area contributed by atoms with Crippen molar-refractivity contribution in [2.24, 2.45) is 5.41 Å². The third-order valence-corrected chi connectivity index (χ3v) is 18.3. The van der Waals surface area contributed by atoms with Gasteiger partial charge in [0.15, 0.2) is 5.65 Å². The fourth-order valence-corrected chi connectivity index (χ4v) is 13.1. The van der Waals surface area contributed by atoms with Crippen LogP contribution in [0.15, 0.2) is 95.7 Å². The first kappa shape index (κ1) is 51.5. The van der Waals surface area contributed by atoms with E-state index in [0.29, 0.717) is 79.5 Å². The van der Waals surface area contributed by atoms with Crippen LogP contribution in [-0.2, 0) is 20.0 Å². The molecule has 3 N–H and O–H groups in total. The summed E-state index contributed by atoms with van der Waals surface area (Å²) in [4.78, 5) is 41.4. The van der Waals surface area contributed by atoms with Gasteiger partial charge in [0.25, 0.3) is 21.6 Å². The maximum Gasteiger partial charge on any atom is 0.293 e. The first-order valence-corrected chi connectivity index (χ1v) is 28.8. The Balaban J connectivity index is 0.849. The average molecular weight is 1070 g/mol. The van der Waals surface area contributed by atoms with Crippen molar-refractivity contribution in [2.75, 3.05) is 81.9 Å². The van der Waals surface area contributed by atoms with Crippen molar-refractivity contribution in [2.45, 2.75) is 75.4 Å². The molecule has 3 saturated heterocycles. The fourth-order valence-electron chi connectivity index (χ4n) is 11.1. The molecule has 4 aliphatic rings. The molecular weight excluding hydrogens is 1010 g/mol. The molecule has 3 aromatic carbocycles. The van der Waals surface area contributed by atoms with Crippen molar-refractivity contribution in [3.63, 3.8) is 0 Å². The first-order chi connectivity index (χ1) is 35.2. The van der Waals surface area contributed by atoms with Crippen LogP contribution in [0.2, 0.25) is 5.02 Å². The molecule has 6 aromatic rings. The number of benzene rings is 3. The second kappa shape index (κ2) is 20.3. The van der Waals surface area contributed by atoms with E-state index in [0.717, 1.165) is 62.1 Å². The number of allylic oxidation sites excluding steroid dienone is 1. The molecule has 10 rings (SSSR count). The molecule has 0 saturated carbocycles. The summed E-state index contributed by atoms with van der Waals surface area (Å²) in [5.41, 5.74) is 4.83. The lowest BCUT2D eigenvalue weighted by molar-refractivity contribution is -0.384. The molecule has 6 heterocycles. The van der Waals surface area contributed by atoms with Gasteiger partial charge in [-0.2, -0.15) is 0 Å². The molecule has 22 heteroatoms. The summed E-state index contributed by atoms with van der Waals surface area (Å²) >= 11 is 6.27. The molecule has 1 aliphatic carbocycles. The van der Waals surface area contributed by atoms with Gasteiger partial charge < -0.3 is 15.1 Å². The molecule has 0 unspecified atom stereocenters. The second-order valence-corrected chi connectivity index (χ2v) is 25.2. The van der Waals surface area contributed by atoms with E-state index in [-0.39, 0.29) is 42.1 Å². The summed E-state index contributed by atoms with van der Waals surface area (Å²) in [7, 11) is -7.97. The highest BCUT2D eigenvalue weighted by Gasteiger charge is 2.39. The number of pyridine rings is 1. The number of nitro groups is 1. The third kappa shape index (κ3) is 11.0. The van der Waals surface area contributed by atoms with Gasteiger partial charge in [0.1, 0.15) is 16.9 Å². The van der Waals surface area contributed by atoms with E-state index in [1.807, 2.05) is 30.3 Å². The zero-order valence-electron chi connectivity index (χ0n) is 41.7. The molecular formula is C52H61ClFN11O7S2. The van der Waals surface area contributed by atoms with Crippen LogP contribution in [0.3, 0.4) is 0 Å². The van der Waals surface area contributed by atoms with Crippen molar-refractivity contribution >= 4 is 82.3 Å². The van der Waals surface area contributed by atoms with Gasteiger partial charge in [0.05, 0.1) is 32.8 Å². The maximum atomic E-state index is 16.2. The van der Waals surface area contributed by atoms with Crippen LogP contribution >= 0.6 is 11.6 Å². The van der Waals surface area contributed by atoms with Crippen molar-refractivity contribution in [3.05, 3.63) is 117 Å². The Morgan fingerprint density at radius 3 is 2.35 bits per heavy atom. The van der Waals surface area contributed by atoms with Gasteiger partial charge in [-0.3, -0.25) is 29.6 Å². The van der Waals surface area contributed by atoms with E-state index in [1.54, 1.807) is 29.2 Å². The van der Waals surface area contributed by atoms with Gasteiger partial charge >= 0.3 is 0 Å². The number of nitro benzene ring substituents is 1. The Kier molecular flexibility index (Phi) is 14.1. The molecule has 0 atom stereocenters. The van der Waals surface area contributed by atoms with Crippen LogP contribution < -0.4 is 14.9 Å². The standard InChI is InChI=1S/C52H61ClFN11O7S2/c1-51(2)16-12-37(43(31-51)35-4-6-38(53)7-5-35)33-60-24-26-62(27-25-60)40-8-10-42(46(29-40)64-47-28-36-13-19-55-49(36)58-45(47)32-57-64)50(66)59-74(71,72)41-9-11-44(48(30-41)65(67)68)56-34-52(54)17-22-61(23-18-52)39-14-20-63(21-15-39)73(3,69)70/h4-11,13,19,28-30,32,39,56-57H,12,14-18,20-27,31,33-34H2,1-3H3,(H,59,66). The molecule has 3 fully saturated rings. The minimum atomic E-state index is -4.70. The van der Waals surface area contributed by atoms with Gasteiger partial charge in [0.2, 0.25) is 10.0 Å². The van der Waals surface area contributed by atoms with E-state index < -0.39 is 47.1 Å². The number of nitrogens with zero attached hydrogens (tertiary/aromatic N) is 8. The number of aromatic nitrogens is 4. The number of piperazine rings is 1. The highest BCUT2D eigenvalue weighted by molar-refractivity contribution is 7.90. The Morgan fingerprint density at radius 2 is 1.65 bits per heavy atom. The number of alkyl halides is 1. The Bertz CT molecular complexity index is 3380. The topological polar surface area (TPSA) is 212 Å². The highest BCUT2D eigenvalue weighted by Crippen LogP contribution is 2.44. The number of hydrogen-bond donors (Lipinski definition) is 3. The summed E-state index contributed by atoms with van der Waals surface area (Å²) in [5, 5.41) is 20.0. The number of carbonyl (C=O) groups excluding carboxylic acids is 1. The Hall–Kier alpha value is -5.97. The summed E-state index contributed by atoms with van der Waals surface area (Å²) in [5.74, 6) is -0.965. The van der Waals surface area contributed by atoms with Crippen LogP contribution in [0.4, 0.5) is 21.5 Å². The Morgan fingerprint density at radius 1 is 0.919 bits per heavy atom. The zero-order chi connectivity index (χ0) is 52.2. The van der Waals surface area contributed by atoms with Gasteiger partial charge in [0, 0.05) is 106 Å². The number of aromatic amines is 1. The van der Waals surface area contributed by atoms with E-state index in [9.17, 15) is 31.7 Å². The molecule has 1 amide bonds. The van der Waals surface area contributed by atoms with Crippen LogP contribution in [0.5, 0.6) is 0 Å². The summed E-state index contributed by atoms with van der Waals surface area (Å²) < 4.78 is 73.5. The highest BCUT2D eigenvalue weighted by atomic mass is 35.5. The van der Waals surface area contributed by atoms with Crippen molar-refractivity contribution in [1.29, 1.82) is 0 Å². The molecule has 3 aliphatic heterocycles. The number of likely N-dealkylation sites (tertiary alicyclic amines) is 1. The SMILES string of the molecule is CC1(C)CCC(CN2CCN(c3ccc(C(=O)NS(=O)(=O)c4ccc(NCC5(F)CCN(C6CCN(S(C)(=O)=O)CC6)CC5)c([N+](=O)[O-])c4)c(-n4[nH]cc5nc6nccc6cc54)c3)CC2)=C(c2ccc(Cl)cc2)C1. The number of rotatable bonds is 14. The molecule has 0 spiro atoms. The van der Waals surface area contributed by atoms with E-state index >= 15 is 4.39 Å². The minimum absolute atomic E-state index is 0.0127. The monoisotopic (exact) mass is 1070 g/mol. The lowest BCUT2D eigenvalue weighted by Gasteiger charge is -2.43. The number of carbonyl (C=O) groups is 1. The lowest BCUT2D eigenvalue weighted by atomic mass is 9.72. The van der Waals surface area contributed by atoms with Crippen molar-refractivity contribution < 1.29 is 30.9 Å². The number of hydrogen-bond acceptors (Lipinski definition) is 13. The Labute approximate surface area is 435 Å². The van der Waals surface area contributed by atoms with Gasteiger partial charge in [-0.25, -0.2) is 40.2 Å². The number of nitrogens with one attached hydrogen (secondary N) is 3. The average Bonchev–Trinajstić information content (AvgIpc) is 4.02. The number of amides is 1. The van der Waals surface area contributed by atoms with E-state index in [4.69, 9.17) is 11.6 Å². The van der Waals surface area contributed by atoms with Gasteiger partial charge in [-0.15, -0.1) is 0 Å². The quantitative estimate of drug-likeness (QED) is 0.0698. The second-order valence-electron chi connectivity index (χ2n) is 21.1. The van der Waals surface area contributed by atoms with Crippen LogP contribution in [0, 0.1) is 15.5 Å². The summed E-state index contributed by atoms with van der Waals surface area (Å²) in [6.45, 7) is 9.99. The number of piperidine rings is 2. The number of sulfonamides is 2. The normalized spacial score (nSPS) is 19.6. The third-order valence-electron chi connectivity index (χ3n) is 15.5. The summed E-state index contributed by atoms with van der Waals surface area (Å²) in [6.07, 6.45) is 9.30. The smallest absolute Gasteiger partial charge is 0.293 e. The molecule has 0 radical (unpaired) electrons. The first-order valence-electron chi connectivity index (χ1n) is 25.1. The summed E-state index contributed by atoms with van der Waals surface area (Å²) in [6, 6.07) is 20.4. The van der Waals surface area contributed by atoms with Crippen molar-refractivity contribution in [1.82, 2.24) is 38.6 Å². The van der Waals surface area contributed by atoms with E-state index in [1.165, 1.54) is 33.3 Å². The number of fused-ring (bicyclic) bond motifs is 2. The minimum Gasteiger partial charge on any atom is -0.376 e. The molecule has 0 bridgehead atoms. The number of halogens is 2. The van der Waals surface area contributed by atoms with Crippen LogP contribution in [0.1, 0.15) is 74.7 Å². The van der Waals surface area contributed by atoms with Crippen LogP contribution in [-0.4, -0.2) is 145 Å². The van der Waals surface area contributed by atoms with Gasteiger partial charge in [-0.1, -0.05) is 43.2 Å². The number of anilines is 2. The lowest BCUT2D eigenvalue weighted by Crippen LogP contribution is -2.52. The largest absolute Gasteiger partial charge is 0.376 e.